The minimum absolute atomic E-state index is 0.00183. The summed E-state index contributed by atoms with van der Waals surface area (Å²) >= 11 is 0. The molecule has 2 N–H and O–H groups in total. The molecule has 0 radical (unpaired) electrons. The number of nitrogens with two attached hydrogens (primary N) is 1. The highest BCUT2D eigenvalue weighted by Gasteiger charge is 2.25. The Morgan fingerprint density at radius 2 is 1.95 bits per heavy atom. The van der Waals surface area contributed by atoms with Gasteiger partial charge in [0.1, 0.15) is 30.6 Å². The number of fused-ring (bicyclic) bond motifs is 2. The maximum Gasteiger partial charge on any atom is 0.312 e. The fourth-order valence-corrected chi connectivity index (χ4v) is 5.56. The molecule has 0 spiro atoms. The zero-order valence-electron chi connectivity index (χ0n) is 22.1. The number of furan rings is 1. The molecule has 5 heterocycles. The van der Waals surface area contributed by atoms with Crippen LogP contribution in [0.4, 0.5) is 10.2 Å². The van der Waals surface area contributed by atoms with E-state index < -0.39 is 6.08 Å². The van der Waals surface area contributed by atoms with Gasteiger partial charge in [-0.15, -0.1) is 0 Å². The van der Waals surface area contributed by atoms with Gasteiger partial charge in [0.2, 0.25) is 5.91 Å². The van der Waals surface area contributed by atoms with Crippen molar-refractivity contribution in [2.24, 2.45) is 5.92 Å². The van der Waals surface area contributed by atoms with Crippen LogP contribution >= 0.6 is 0 Å². The van der Waals surface area contributed by atoms with Crippen LogP contribution in [0.15, 0.2) is 28.7 Å². The summed E-state index contributed by atoms with van der Waals surface area (Å²) in [5, 5.41) is 0. The third kappa shape index (κ3) is 5.00. The van der Waals surface area contributed by atoms with Crippen LogP contribution < -0.4 is 15.2 Å². The summed E-state index contributed by atoms with van der Waals surface area (Å²) in [7, 11) is 0. The van der Waals surface area contributed by atoms with Crippen molar-refractivity contribution >= 4 is 22.9 Å². The number of amides is 1. The van der Waals surface area contributed by atoms with Crippen molar-refractivity contribution in [1.82, 2.24) is 24.4 Å². The average Bonchev–Trinajstić information content (AvgIpc) is 3.50. The van der Waals surface area contributed by atoms with Crippen LogP contribution in [0.1, 0.15) is 43.3 Å². The van der Waals surface area contributed by atoms with Crippen molar-refractivity contribution < 1.29 is 23.1 Å². The van der Waals surface area contributed by atoms with E-state index in [1.54, 1.807) is 6.92 Å². The normalized spacial score (nSPS) is 17.1. The zero-order valence-corrected chi connectivity index (χ0v) is 22.1. The Kier molecular flexibility index (Phi) is 6.58. The van der Waals surface area contributed by atoms with Gasteiger partial charge >= 0.3 is 6.08 Å². The summed E-state index contributed by atoms with van der Waals surface area (Å²) in [4.78, 5) is 26.4. The number of aryl methyl sites for hydroxylation is 2. The number of hydrogen-bond donors (Lipinski definition) is 1. The lowest BCUT2D eigenvalue weighted by molar-refractivity contribution is -0.130. The number of benzene rings is 1. The third-order valence-corrected chi connectivity index (χ3v) is 7.52. The Labute approximate surface area is 224 Å². The fourth-order valence-electron chi connectivity index (χ4n) is 5.56. The lowest BCUT2D eigenvalue weighted by Gasteiger charge is -2.32. The van der Waals surface area contributed by atoms with Crippen molar-refractivity contribution in [2.45, 2.75) is 46.1 Å². The molecule has 0 aliphatic carbocycles. The molecule has 0 saturated carbocycles. The number of nitrogens with zero attached hydrogens (tertiary/aromatic N) is 5. The molecule has 3 aromatic heterocycles. The minimum Gasteiger partial charge on any atom is -0.486 e. The van der Waals surface area contributed by atoms with E-state index in [1.165, 1.54) is 0 Å². The van der Waals surface area contributed by atoms with Crippen LogP contribution in [-0.2, 0) is 17.8 Å². The van der Waals surface area contributed by atoms with Gasteiger partial charge in [-0.1, -0.05) is 0 Å². The van der Waals surface area contributed by atoms with E-state index in [2.05, 4.69) is 9.97 Å². The first-order valence-electron chi connectivity index (χ1n) is 13.3. The van der Waals surface area contributed by atoms with Crippen molar-refractivity contribution in [1.29, 1.82) is 0 Å². The molecule has 10 nitrogen and oxygen atoms in total. The number of ether oxygens (including phenoxy) is 2. The van der Waals surface area contributed by atoms with Gasteiger partial charge in [0, 0.05) is 38.5 Å². The maximum absolute atomic E-state index is 14.3. The Bertz CT molecular complexity index is 1550. The number of rotatable bonds is 6. The molecule has 39 heavy (non-hydrogen) atoms. The summed E-state index contributed by atoms with van der Waals surface area (Å²) in [5.74, 6) is 3.92. The SMILES string of the molecule is CC(=O)N1CCCC(CCn2c(Cc3cc4c(cc3-c3ccc(C)o3)OCCO4)nc3c(N)nc(F)nc32)C1. The Hall–Kier alpha value is -4.15. The topological polar surface area (TPSA) is 122 Å². The summed E-state index contributed by atoms with van der Waals surface area (Å²) in [6, 6.07) is 7.73. The van der Waals surface area contributed by atoms with Crippen LogP contribution in [0.2, 0.25) is 0 Å². The first-order chi connectivity index (χ1) is 18.9. The molecule has 4 aromatic rings. The largest absolute Gasteiger partial charge is 0.486 e. The van der Waals surface area contributed by atoms with Crippen LogP contribution in [0.3, 0.4) is 0 Å². The highest BCUT2D eigenvalue weighted by Crippen LogP contribution is 2.39. The molecule has 0 bridgehead atoms. The average molecular weight is 535 g/mol. The number of imidazole rings is 1. The third-order valence-electron chi connectivity index (χ3n) is 7.52. The molecule has 6 rings (SSSR count). The van der Waals surface area contributed by atoms with Gasteiger partial charge in [0.05, 0.1) is 0 Å². The predicted octanol–water partition coefficient (Wildman–Crippen LogP) is 4.13. The lowest BCUT2D eigenvalue weighted by atomic mass is 9.94. The monoisotopic (exact) mass is 534 g/mol. The quantitative estimate of drug-likeness (QED) is 0.367. The van der Waals surface area contributed by atoms with Crippen molar-refractivity contribution in [3.8, 4) is 22.8 Å². The van der Waals surface area contributed by atoms with Gasteiger partial charge in [0.15, 0.2) is 28.5 Å². The Morgan fingerprint density at radius 3 is 2.69 bits per heavy atom. The van der Waals surface area contributed by atoms with Gasteiger partial charge in [-0.2, -0.15) is 14.4 Å². The van der Waals surface area contributed by atoms with Crippen molar-refractivity contribution in [3.05, 3.63) is 47.5 Å². The number of piperidine rings is 1. The van der Waals surface area contributed by atoms with E-state index in [9.17, 15) is 9.18 Å². The second-order valence-electron chi connectivity index (χ2n) is 10.2. The number of nitrogen functional groups attached to an aromatic ring is 1. The second-order valence-corrected chi connectivity index (χ2v) is 10.2. The summed E-state index contributed by atoms with van der Waals surface area (Å²) in [5.41, 5.74) is 8.58. The first kappa shape index (κ1) is 25.1. The van der Waals surface area contributed by atoms with E-state index in [0.717, 1.165) is 42.7 Å². The van der Waals surface area contributed by atoms with Crippen molar-refractivity contribution in [3.63, 3.8) is 0 Å². The Balaban J connectivity index is 1.39. The summed E-state index contributed by atoms with van der Waals surface area (Å²) in [6.45, 7) is 6.51. The zero-order chi connectivity index (χ0) is 27.1. The number of carbonyl (C=O) groups excluding carboxylic acids is 1. The van der Waals surface area contributed by atoms with E-state index in [0.29, 0.717) is 72.9 Å². The van der Waals surface area contributed by atoms with Gasteiger partial charge in [-0.05, 0) is 61.9 Å². The van der Waals surface area contributed by atoms with Crippen LogP contribution in [-0.4, -0.2) is 56.6 Å². The number of anilines is 1. The van der Waals surface area contributed by atoms with E-state index in [1.807, 2.05) is 40.7 Å². The van der Waals surface area contributed by atoms with E-state index in [-0.39, 0.29) is 11.7 Å². The van der Waals surface area contributed by atoms with Crippen LogP contribution in [0, 0.1) is 18.9 Å². The lowest BCUT2D eigenvalue weighted by Crippen LogP contribution is -2.38. The molecule has 1 unspecified atom stereocenters. The molecular weight excluding hydrogens is 503 g/mol. The van der Waals surface area contributed by atoms with Crippen LogP contribution in [0.25, 0.3) is 22.5 Å². The Morgan fingerprint density at radius 1 is 1.15 bits per heavy atom. The predicted molar refractivity (Wildman–Crippen MR) is 142 cm³/mol. The number of halogens is 1. The minimum atomic E-state index is -0.890. The highest BCUT2D eigenvalue weighted by atomic mass is 19.1. The van der Waals surface area contributed by atoms with Gasteiger partial charge < -0.3 is 29.1 Å². The van der Waals surface area contributed by atoms with Crippen molar-refractivity contribution in [2.75, 3.05) is 32.0 Å². The standard InChI is InChI=1S/C28H31FN6O4/c1-16-5-6-21(39-16)20-14-23-22(37-10-11-38-23)12-19(20)13-24-31-25-26(30)32-28(29)33-27(25)35(24)9-7-18-4-3-8-34(15-18)17(2)36/h5-6,12,14,18H,3-4,7-11,13,15H2,1-2H3,(H2,30,32,33). The number of hydrogen-bond acceptors (Lipinski definition) is 8. The first-order valence-corrected chi connectivity index (χ1v) is 13.3. The number of carbonyl (C=O) groups is 1. The summed E-state index contributed by atoms with van der Waals surface area (Å²) < 4.78 is 33.9. The smallest absolute Gasteiger partial charge is 0.312 e. The number of aromatic nitrogens is 4. The molecule has 11 heteroatoms. The molecule has 1 aromatic carbocycles. The molecule has 1 saturated heterocycles. The van der Waals surface area contributed by atoms with Gasteiger partial charge in [0.25, 0.3) is 0 Å². The molecule has 2 aliphatic heterocycles. The number of likely N-dealkylation sites (tertiary alicyclic amines) is 1. The highest BCUT2D eigenvalue weighted by molar-refractivity contribution is 5.82. The van der Waals surface area contributed by atoms with Crippen LogP contribution in [0.5, 0.6) is 11.5 Å². The molecule has 1 atom stereocenters. The summed E-state index contributed by atoms with van der Waals surface area (Å²) in [6.07, 6.45) is 2.29. The second kappa shape index (κ2) is 10.2. The molecule has 2 aliphatic rings. The molecule has 204 valence electrons. The van der Waals surface area contributed by atoms with E-state index in [4.69, 9.17) is 24.6 Å². The molecular formula is C28H31FN6O4. The molecule has 1 amide bonds. The molecule has 1 fully saturated rings. The van der Waals surface area contributed by atoms with E-state index >= 15 is 0 Å². The maximum atomic E-state index is 14.3. The van der Waals surface area contributed by atoms with Gasteiger partial charge in [-0.3, -0.25) is 4.79 Å². The van der Waals surface area contributed by atoms with Gasteiger partial charge in [-0.25, -0.2) is 4.98 Å². The fraction of sp³-hybridized carbons (Fsp3) is 0.429.